The Morgan fingerprint density at radius 2 is 2.36 bits per heavy atom. The van der Waals surface area contributed by atoms with Crippen LogP contribution in [0, 0.1) is 17.2 Å². The number of H-pyrrole nitrogens is 1. The summed E-state index contributed by atoms with van der Waals surface area (Å²) in [6.45, 7) is 4.16. The lowest BCUT2D eigenvalue weighted by Crippen LogP contribution is -2.39. The van der Waals surface area contributed by atoms with Crippen molar-refractivity contribution < 1.29 is 4.74 Å². The topological polar surface area (TPSA) is 86.6 Å². The zero-order valence-electron chi connectivity index (χ0n) is 14.2. The SMILES string of the molecule is CC[C@H](Oc1c(C#N)ncc2[nH]c3ncccc3c12)C1CCCNC1. The van der Waals surface area contributed by atoms with Crippen LogP contribution in [-0.4, -0.2) is 34.1 Å². The van der Waals surface area contributed by atoms with Gasteiger partial charge in [-0.2, -0.15) is 5.26 Å². The molecule has 0 aliphatic carbocycles. The Hall–Kier alpha value is -2.65. The second kappa shape index (κ2) is 6.69. The predicted molar refractivity (Wildman–Crippen MR) is 96.4 cm³/mol. The molecule has 0 aromatic carbocycles. The number of piperidine rings is 1. The molecule has 2 N–H and O–H groups in total. The Morgan fingerprint density at radius 1 is 1.44 bits per heavy atom. The van der Waals surface area contributed by atoms with Crippen LogP contribution < -0.4 is 10.1 Å². The molecular weight excluding hydrogens is 314 g/mol. The molecule has 1 fully saturated rings. The normalized spacial score (nSPS) is 19.0. The number of nitrogens with one attached hydrogen (secondary N) is 2. The Labute approximate surface area is 146 Å². The summed E-state index contributed by atoms with van der Waals surface area (Å²) in [5.74, 6) is 1.03. The highest BCUT2D eigenvalue weighted by atomic mass is 16.5. The van der Waals surface area contributed by atoms with Gasteiger partial charge in [-0.3, -0.25) is 0 Å². The molecule has 0 spiro atoms. The molecule has 0 bridgehead atoms. The van der Waals surface area contributed by atoms with Gasteiger partial charge in [0.05, 0.1) is 17.1 Å². The third-order valence-corrected chi connectivity index (χ3v) is 5.00. The summed E-state index contributed by atoms with van der Waals surface area (Å²) in [6.07, 6.45) is 6.70. The van der Waals surface area contributed by atoms with E-state index in [2.05, 4.69) is 33.3 Å². The van der Waals surface area contributed by atoms with Crippen molar-refractivity contribution in [1.82, 2.24) is 20.3 Å². The molecule has 3 aromatic heterocycles. The summed E-state index contributed by atoms with van der Waals surface area (Å²) >= 11 is 0. The highest BCUT2D eigenvalue weighted by Crippen LogP contribution is 2.36. The smallest absolute Gasteiger partial charge is 0.183 e. The molecular formula is C19H21N5O. The molecule has 1 aliphatic rings. The summed E-state index contributed by atoms with van der Waals surface area (Å²) < 4.78 is 6.43. The molecule has 1 unspecified atom stereocenters. The predicted octanol–water partition coefficient (Wildman–Crippen LogP) is 3.14. The first-order valence-electron chi connectivity index (χ1n) is 8.84. The first-order chi connectivity index (χ1) is 12.3. The molecule has 4 heterocycles. The van der Waals surface area contributed by atoms with Crippen LogP contribution in [0.5, 0.6) is 5.75 Å². The fourth-order valence-electron chi connectivity index (χ4n) is 3.74. The molecule has 3 aromatic rings. The van der Waals surface area contributed by atoms with Crippen molar-refractivity contribution in [3.8, 4) is 11.8 Å². The van der Waals surface area contributed by atoms with Crippen molar-refractivity contribution in [2.75, 3.05) is 13.1 Å². The van der Waals surface area contributed by atoms with Gasteiger partial charge in [-0.25, -0.2) is 9.97 Å². The van der Waals surface area contributed by atoms with Crippen molar-refractivity contribution in [2.24, 2.45) is 5.92 Å². The van der Waals surface area contributed by atoms with Gasteiger partial charge >= 0.3 is 0 Å². The molecule has 6 nitrogen and oxygen atoms in total. The van der Waals surface area contributed by atoms with E-state index in [0.29, 0.717) is 17.4 Å². The van der Waals surface area contributed by atoms with Gasteiger partial charge in [0, 0.05) is 24.0 Å². The lowest BCUT2D eigenvalue weighted by atomic mass is 9.92. The summed E-state index contributed by atoms with van der Waals surface area (Å²) in [6, 6.07) is 6.08. The van der Waals surface area contributed by atoms with Gasteiger partial charge < -0.3 is 15.0 Å². The minimum atomic E-state index is 0.0638. The Balaban J connectivity index is 1.82. The number of nitrogens with zero attached hydrogens (tertiary/aromatic N) is 3. The molecule has 0 amide bonds. The second-order valence-corrected chi connectivity index (χ2v) is 6.53. The number of nitriles is 1. The van der Waals surface area contributed by atoms with Gasteiger partial charge in [-0.1, -0.05) is 6.92 Å². The highest BCUT2D eigenvalue weighted by Gasteiger charge is 2.26. The van der Waals surface area contributed by atoms with Crippen LogP contribution in [0.4, 0.5) is 0 Å². The Morgan fingerprint density at radius 3 is 3.12 bits per heavy atom. The van der Waals surface area contributed by atoms with E-state index in [0.717, 1.165) is 54.3 Å². The molecule has 6 heteroatoms. The maximum absolute atomic E-state index is 9.55. The van der Waals surface area contributed by atoms with Crippen molar-refractivity contribution in [3.63, 3.8) is 0 Å². The number of fused-ring (bicyclic) bond motifs is 3. The first kappa shape index (κ1) is 15.9. The monoisotopic (exact) mass is 335 g/mol. The summed E-state index contributed by atoms with van der Waals surface area (Å²) in [5, 5.41) is 14.9. The molecule has 1 aliphatic heterocycles. The van der Waals surface area contributed by atoms with E-state index in [1.807, 2.05) is 12.1 Å². The van der Waals surface area contributed by atoms with Gasteiger partial charge in [0.2, 0.25) is 0 Å². The third-order valence-electron chi connectivity index (χ3n) is 5.00. The standard InChI is InChI=1S/C19H21N5O/c1-2-16(12-5-3-7-21-10-12)25-18-14(9-20)23-11-15-17(18)13-6-4-8-22-19(13)24-15/h4,6,8,11-12,16,21H,2-3,5,7,10H2,1H3,(H,22,24)/t12?,16-/m0/s1. The fraction of sp³-hybridized carbons (Fsp3) is 0.421. The van der Waals surface area contributed by atoms with E-state index in [4.69, 9.17) is 4.74 Å². The van der Waals surface area contributed by atoms with Crippen LogP contribution in [0.1, 0.15) is 31.9 Å². The van der Waals surface area contributed by atoms with Crippen LogP contribution >= 0.6 is 0 Å². The third kappa shape index (κ3) is 2.81. The molecule has 1 saturated heterocycles. The maximum Gasteiger partial charge on any atom is 0.183 e. The fourth-order valence-corrected chi connectivity index (χ4v) is 3.74. The van der Waals surface area contributed by atoms with Crippen molar-refractivity contribution in [1.29, 1.82) is 5.26 Å². The summed E-state index contributed by atoms with van der Waals surface area (Å²) in [5.41, 5.74) is 1.96. The molecule has 4 rings (SSSR count). The zero-order chi connectivity index (χ0) is 17.2. The largest absolute Gasteiger partial charge is 0.486 e. The first-order valence-corrected chi connectivity index (χ1v) is 8.84. The van der Waals surface area contributed by atoms with Crippen molar-refractivity contribution in [2.45, 2.75) is 32.3 Å². The molecule has 128 valence electrons. The summed E-state index contributed by atoms with van der Waals surface area (Å²) in [4.78, 5) is 11.9. The van der Waals surface area contributed by atoms with Crippen LogP contribution in [0.15, 0.2) is 24.5 Å². The average Bonchev–Trinajstić information content (AvgIpc) is 3.05. The summed E-state index contributed by atoms with van der Waals surface area (Å²) in [7, 11) is 0. The van der Waals surface area contributed by atoms with Crippen molar-refractivity contribution >= 4 is 21.9 Å². The number of rotatable bonds is 4. The van der Waals surface area contributed by atoms with Crippen LogP contribution in [0.25, 0.3) is 21.9 Å². The van der Waals surface area contributed by atoms with Gasteiger partial charge in [-0.15, -0.1) is 0 Å². The molecule has 2 atom stereocenters. The molecule has 25 heavy (non-hydrogen) atoms. The highest BCUT2D eigenvalue weighted by molar-refractivity contribution is 6.09. The quantitative estimate of drug-likeness (QED) is 0.765. The minimum absolute atomic E-state index is 0.0638. The van der Waals surface area contributed by atoms with Gasteiger partial charge in [0.15, 0.2) is 11.4 Å². The lowest BCUT2D eigenvalue weighted by Gasteiger charge is -2.30. The lowest BCUT2D eigenvalue weighted by molar-refractivity contribution is 0.112. The number of aromatic amines is 1. The zero-order valence-corrected chi connectivity index (χ0v) is 14.2. The minimum Gasteiger partial charge on any atom is -0.486 e. The van der Waals surface area contributed by atoms with Crippen LogP contribution in [0.2, 0.25) is 0 Å². The van der Waals surface area contributed by atoms with Crippen LogP contribution in [-0.2, 0) is 0 Å². The van der Waals surface area contributed by atoms with E-state index in [1.165, 1.54) is 0 Å². The van der Waals surface area contributed by atoms with E-state index in [9.17, 15) is 5.26 Å². The van der Waals surface area contributed by atoms with Gasteiger partial charge in [0.25, 0.3) is 0 Å². The van der Waals surface area contributed by atoms with E-state index < -0.39 is 0 Å². The second-order valence-electron chi connectivity index (χ2n) is 6.53. The van der Waals surface area contributed by atoms with Gasteiger partial charge in [-0.05, 0) is 37.9 Å². The molecule has 0 radical (unpaired) electrons. The number of aromatic nitrogens is 3. The number of hydrogen-bond acceptors (Lipinski definition) is 5. The van der Waals surface area contributed by atoms with E-state index >= 15 is 0 Å². The Kier molecular flexibility index (Phi) is 4.24. The number of hydrogen-bond donors (Lipinski definition) is 2. The Bertz CT molecular complexity index is 936. The van der Waals surface area contributed by atoms with Crippen molar-refractivity contribution in [3.05, 3.63) is 30.2 Å². The van der Waals surface area contributed by atoms with E-state index in [1.54, 1.807) is 12.4 Å². The maximum atomic E-state index is 9.55. The van der Waals surface area contributed by atoms with Gasteiger partial charge in [0.1, 0.15) is 17.8 Å². The average molecular weight is 335 g/mol. The van der Waals surface area contributed by atoms with E-state index in [-0.39, 0.29) is 6.10 Å². The van der Waals surface area contributed by atoms with Crippen LogP contribution in [0.3, 0.4) is 0 Å². The number of pyridine rings is 2. The molecule has 0 saturated carbocycles. The number of ether oxygens (including phenoxy) is 1.